The molecule has 172 valence electrons. The molecule has 0 atom stereocenters. The average molecular weight is 447 g/mol. The zero-order valence-corrected chi connectivity index (χ0v) is 19.0. The van der Waals surface area contributed by atoms with Crippen LogP contribution in [0.5, 0.6) is 11.5 Å². The van der Waals surface area contributed by atoms with Crippen LogP contribution in [-0.4, -0.2) is 44.2 Å². The van der Waals surface area contributed by atoms with E-state index in [1.54, 1.807) is 7.11 Å². The average Bonchev–Trinajstić information content (AvgIpc) is 2.87. The van der Waals surface area contributed by atoms with E-state index in [2.05, 4.69) is 16.3 Å². The van der Waals surface area contributed by atoms with Gasteiger partial charge in [0.2, 0.25) is 0 Å². The predicted octanol–water partition coefficient (Wildman–Crippen LogP) is 4.04. The van der Waals surface area contributed by atoms with E-state index >= 15 is 0 Å². The maximum atomic E-state index is 12.7. The summed E-state index contributed by atoms with van der Waals surface area (Å²) in [5.74, 6) is 1.22. The SMILES string of the molecule is COc1cc(CNC(=O)c2cccc(CN3CCOCC3)c2)ccc1OCc1ccccc1. The van der Waals surface area contributed by atoms with Crippen LogP contribution >= 0.6 is 0 Å². The minimum absolute atomic E-state index is 0.0952. The summed E-state index contributed by atoms with van der Waals surface area (Å²) >= 11 is 0. The lowest BCUT2D eigenvalue weighted by Crippen LogP contribution is -2.35. The molecule has 6 heteroatoms. The van der Waals surface area contributed by atoms with E-state index in [9.17, 15) is 4.79 Å². The van der Waals surface area contributed by atoms with Crippen molar-refractivity contribution in [2.75, 3.05) is 33.4 Å². The number of carbonyl (C=O) groups is 1. The fourth-order valence-corrected chi connectivity index (χ4v) is 3.79. The molecule has 0 saturated carbocycles. The van der Waals surface area contributed by atoms with Crippen molar-refractivity contribution in [3.63, 3.8) is 0 Å². The van der Waals surface area contributed by atoms with Crippen LogP contribution in [0.2, 0.25) is 0 Å². The van der Waals surface area contributed by atoms with Gasteiger partial charge < -0.3 is 19.5 Å². The number of methoxy groups -OCH3 is 1. The second-order valence-corrected chi connectivity index (χ2v) is 8.03. The third kappa shape index (κ3) is 6.57. The van der Waals surface area contributed by atoms with Crippen LogP contribution in [0, 0.1) is 0 Å². The minimum Gasteiger partial charge on any atom is -0.493 e. The Balaban J connectivity index is 1.33. The van der Waals surface area contributed by atoms with E-state index in [0.29, 0.717) is 30.2 Å². The molecular formula is C27H30N2O4. The highest BCUT2D eigenvalue weighted by Crippen LogP contribution is 2.29. The van der Waals surface area contributed by atoms with Gasteiger partial charge in [-0.25, -0.2) is 0 Å². The molecule has 0 spiro atoms. The second kappa shape index (κ2) is 11.5. The zero-order valence-electron chi connectivity index (χ0n) is 19.0. The summed E-state index contributed by atoms with van der Waals surface area (Å²) in [6.07, 6.45) is 0. The number of hydrogen-bond acceptors (Lipinski definition) is 5. The molecule has 1 heterocycles. The van der Waals surface area contributed by atoms with Crippen molar-refractivity contribution in [2.45, 2.75) is 19.7 Å². The van der Waals surface area contributed by atoms with Crippen molar-refractivity contribution in [3.05, 3.63) is 95.1 Å². The molecule has 0 bridgehead atoms. The Kier molecular flexibility index (Phi) is 7.95. The van der Waals surface area contributed by atoms with E-state index in [1.165, 1.54) is 0 Å². The van der Waals surface area contributed by atoms with E-state index in [4.69, 9.17) is 14.2 Å². The normalized spacial score (nSPS) is 14.0. The summed E-state index contributed by atoms with van der Waals surface area (Å²) in [6, 6.07) is 23.5. The first-order valence-corrected chi connectivity index (χ1v) is 11.2. The van der Waals surface area contributed by atoms with E-state index in [0.717, 1.165) is 49.5 Å². The Hall–Kier alpha value is -3.35. The maximum Gasteiger partial charge on any atom is 0.251 e. The first-order valence-electron chi connectivity index (χ1n) is 11.2. The molecule has 1 aliphatic heterocycles. The molecule has 33 heavy (non-hydrogen) atoms. The van der Waals surface area contributed by atoms with Gasteiger partial charge in [0.1, 0.15) is 6.61 Å². The smallest absolute Gasteiger partial charge is 0.251 e. The monoisotopic (exact) mass is 446 g/mol. The van der Waals surface area contributed by atoms with Gasteiger partial charge in [0.25, 0.3) is 5.91 Å². The molecule has 1 N–H and O–H groups in total. The van der Waals surface area contributed by atoms with Crippen molar-refractivity contribution < 1.29 is 19.0 Å². The number of ether oxygens (including phenoxy) is 3. The molecule has 4 rings (SSSR count). The fraction of sp³-hybridized carbons (Fsp3) is 0.296. The molecule has 0 radical (unpaired) electrons. The Labute approximate surface area is 195 Å². The van der Waals surface area contributed by atoms with Gasteiger partial charge in [0, 0.05) is 31.7 Å². The van der Waals surface area contributed by atoms with Gasteiger partial charge in [-0.1, -0.05) is 48.5 Å². The highest BCUT2D eigenvalue weighted by atomic mass is 16.5. The highest BCUT2D eigenvalue weighted by molar-refractivity contribution is 5.94. The maximum absolute atomic E-state index is 12.7. The molecule has 1 aliphatic rings. The molecule has 0 aromatic heterocycles. The van der Waals surface area contributed by atoms with Crippen LogP contribution in [0.25, 0.3) is 0 Å². The number of carbonyl (C=O) groups excluding carboxylic acids is 1. The van der Waals surface area contributed by atoms with Crippen LogP contribution < -0.4 is 14.8 Å². The molecule has 1 fully saturated rings. The predicted molar refractivity (Wildman–Crippen MR) is 127 cm³/mol. The lowest BCUT2D eigenvalue weighted by atomic mass is 10.1. The van der Waals surface area contributed by atoms with Gasteiger partial charge >= 0.3 is 0 Å². The summed E-state index contributed by atoms with van der Waals surface area (Å²) in [5.41, 5.74) is 3.82. The van der Waals surface area contributed by atoms with Crippen molar-refractivity contribution >= 4 is 5.91 Å². The summed E-state index contributed by atoms with van der Waals surface area (Å²) < 4.78 is 16.8. The zero-order chi connectivity index (χ0) is 22.9. The van der Waals surface area contributed by atoms with Crippen LogP contribution in [0.15, 0.2) is 72.8 Å². The van der Waals surface area contributed by atoms with Crippen molar-refractivity contribution in [2.24, 2.45) is 0 Å². The number of rotatable bonds is 9. The summed E-state index contributed by atoms with van der Waals surface area (Å²) in [4.78, 5) is 15.1. The molecule has 6 nitrogen and oxygen atoms in total. The first-order chi connectivity index (χ1) is 16.2. The van der Waals surface area contributed by atoms with Crippen molar-refractivity contribution in [1.82, 2.24) is 10.2 Å². The number of amides is 1. The Morgan fingerprint density at radius 2 is 1.70 bits per heavy atom. The standard InChI is InChI=1S/C27H30N2O4/c1-31-26-17-22(10-11-25(26)33-20-21-6-3-2-4-7-21)18-28-27(30)24-9-5-8-23(16-24)19-29-12-14-32-15-13-29/h2-11,16-17H,12-15,18-20H2,1H3,(H,28,30). The van der Waals surface area contributed by atoms with Gasteiger partial charge in [0.05, 0.1) is 20.3 Å². The summed E-state index contributed by atoms with van der Waals surface area (Å²) in [6.45, 7) is 5.06. The fourth-order valence-electron chi connectivity index (χ4n) is 3.79. The molecule has 0 aliphatic carbocycles. The minimum atomic E-state index is -0.0952. The lowest BCUT2D eigenvalue weighted by molar-refractivity contribution is 0.0342. The van der Waals surface area contributed by atoms with E-state index < -0.39 is 0 Å². The number of hydrogen-bond donors (Lipinski definition) is 1. The van der Waals surface area contributed by atoms with Crippen LogP contribution in [0.3, 0.4) is 0 Å². The molecule has 1 saturated heterocycles. The Morgan fingerprint density at radius 1 is 0.909 bits per heavy atom. The van der Waals surface area contributed by atoms with E-state index in [1.807, 2.05) is 66.7 Å². The summed E-state index contributed by atoms with van der Waals surface area (Å²) in [5, 5.41) is 3.01. The topological polar surface area (TPSA) is 60.0 Å². The number of benzene rings is 3. The van der Waals surface area contributed by atoms with E-state index in [-0.39, 0.29) is 5.91 Å². The Bertz CT molecular complexity index is 1050. The van der Waals surface area contributed by atoms with Crippen LogP contribution in [0.1, 0.15) is 27.0 Å². The second-order valence-electron chi connectivity index (χ2n) is 8.03. The van der Waals surface area contributed by atoms with Gasteiger partial charge in [-0.3, -0.25) is 9.69 Å². The largest absolute Gasteiger partial charge is 0.493 e. The van der Waals surface area contributed by atoms with Crippen molar-refractivity contribution in [1.29, 1.82) is 0 Å². The molecule has 1 amide bonds. The molecule has 3 aromatic carbocycles. The third-order valence-corrected chi connectivity index (χ3v) is 5.62. The number of morpholine rings is 1. The van der Waals surface area contributed by atoms with Crippen LogP contribution in [0.4, 0.5) is 0 Å². The van der Waals surface area contributed by atoms with Crippen LogP contribution in [-0.2, 0) is 24.4 Å². The van der Waals surface area contributed by atoms with Gasteiger partial charge in [-0.05, 0) is 41.0 Å². The first kappa shape index (κ1) is 22.8. The number of nitrogens with one attached hydrogen (secondary N) is 1. The molecular weight excluding hydrogens is 416 g/mol. The summed E-state index contributed by atoms with van der Waals surface area (Å²) in [7, 11) is 1.62. The Morgan fingerprint density at radius 3 is 2.48 bits per heavy atom. The number of nitrogens with zero attached hydrogens (tertiary/aromatic N) is 1. The third-order valence-electron chi connectivity index (χ3n) is 5.62. The molecule has 3 aromatic rings. The van der Waals surface area contributed by atoms with Gasteiger partial charge in [0.15, 0.2) is 11.5 Å². The highest BCUT2D eigenvalue weighted by Gasteiger charge is 2.13. The quantitative estimate of drug-likeness (QED) is 0.538. The lowest BCUT2D eigenvalue weighted by Gasteiger charge is -2.26. The molecule has 0 unspecified atom stereocenters. The van der Waals surface area contributed by atoms with Gasteiger partial charge in [-0.15, -0.1) is 0 Å². The van der Waals surface area contributed by atoms with Gasteiger partial charge in [-0.2, -0.15) is 0 Å². The van der Waals surface area contributed by atoms with Crippen molar-refractivity contribution in [3.8, 4) is 11.5 Å².